The molecule has 74 heavy (non-hydrogen) atoms. The number of methoxy groups -OCH3 is 3. The van der Waals surface area contributed by atoms with Gasteiger partial charge in [0.1, 0.15) is 41.7 Å². The van der Waals surface area contributed by atoms with Crippen molar-refractivity contribution in [1.82, 2.24) is 4.90 Å². The van der Waals surface area contributed by atoms with Crippen LogP contribution in [0.15, 0.2) is 47.6 Å². The fourth-order valence-electron chi connectivity index (χ4n) is 10.1. The minimum Gasteiger partial charge on any atom is -0.460 e. The third-order valence-corrected chi connectivity index (χ3v) is 15.7. The lowest BCUT2D eigenvalue weighted by molar-refractivity contribution is -0.265. The molecule has 420 valence electrons. The number of nitrogens with zero attached hydrogens (tertiary/aromatic N) is 1. The highest BCUT2D eigenvalue weighted by molar-refractivity contribution is 6.39. The largest absolute Gasteiger partial charge is 0.460 e. The van der Waals surface area contributed by atoms with E-state index in [1.54, 1.807) is 47.8 Å². The Hall–Kier alpha value is -3.94. The monoisotopic (exact) mass is 1050 g/mol. The van der Waals surface area contributed by atoms with E-state index in [1.165, 1.54) is 21.1 Å². The summed E-state index contributed by atoms with van der Waals surface area (Å²) in [5.41, 5.74) is -0.308. The molecule has 15 atom stereocenters. The first-order chi connectivity index (χ1) is 34.8. The molecular weight excluding hydrogens is 955 g/mol. The Morgan fingerprint density at radius 1 is 0.892 bits per heavy atom. The highest BCUT2D eigenvalue weighted by atomic mass is 16.6. The normalized spacial score (nSPS) is 33.0. The van der Waals surface area contributed by atoms with Crippen LogP contribution in [0, 0.1) is 40.9 Å². The van der Waals surface area contributed by atoms with Crippen LogP contribution >= 0.6 is 0 Å². The van der Waals surface area contributed by atoms with Gasteiger partial charge >= 0.3 is 11.9 Å². The minimum atomic E-state index is -2.47. The van der Waals surface area contributed by atoms with Gasteiger partial charge < -0.3 is 53.7 Å². The smallest absolute Gasteiger partial charge is 0.329 e. The molecule has 1 amide bonds. The number of hydrogen-bond acceptors (Lipinski definition) is 16. The number of aliphatic hydroxyl groups excluding tert-OH is 3. The lowest BCUT2D eigenvalue weighted by Gasteiger charge is -2.42. The van der Waals surface area contributed by atoms with Crippen LogP contribution < -0.4 is 0 Å². The van der Waals surface area contributed by atoms with Gasteiger partial charge in [0.15, 0.2) is 5.78 Å². The van der Waals surface area contributed by atoms with E-state index in [0.29, 0.717) is 56.9 Å². The second kappa shape index (κ2) is 30.1. The highest BCUT2D eigenvalue weighted by Gasteiger charge is 2.53. The molecule has 3 heterocycles. The van der Waals surface area contributed by atoms with Crippen molar-refractivity contribution in [3.05, 3.63) is 47.6 Å². The Kier molecular flexibility index (Phi) is 26.2. The number of esters is 2. The van der Waals surface area contributed by atoms with Crippen molar-refractivity contribution < 1.29 is 77.6 Å². The number of carbonyl (C=O) groups is 6. The summed E-state index contributed by atoms with van der Waals surface area (Å²) < 4.78 is 35.2. The zero-order valence-electron chi connectivity index (χ0n) is 46.6. The van der Waals surface area contributed by atoms with Gasteiger partial charge in [-0.2, -0.15) is 0 Å². The maximum absolute atomic E-state index is 14.5. The number of carbonyl (C=O) groups excluding carboxylic acids is 6. The molecule has 15 unspecified atom stereocenters. The summed E-state index contributed by atoms with van der Waals surface area (Å²) in [5, 5.41) is 43.1. The van der Waals surface area contributed by atoms with Gasteiger partial charge in [0.2, 0.25) is 5.79 Å². The minimum absolute atomic E-state index is 0.00898. The molecule has 2 saturated heterocycles. The molecule has 0 radical (unpaired) electrons. The van der Waals surface area contributed by atoms with E-state index < -0.39 is 120 Å². The predicted octanol–water partition coefficient (Wildman–Crippen LogP) is 6.36. The number of rotatable bonds is 14. The Bertz CT molecular complexity index is 1990. The van der Waals surface area contributed by atoms with E-state index in [9.17, 15) is 49.2 Å². The third-order valence-electron chi connectivity index (χ3n) is 15.7. The van der Waals surface area contributed by atoms with Crippen LogP contribution in [0.25, 0.3) is 0 Å². The maximum Gasteiger partial charge on any atom is 0.329 e. The second-order valence-corrected chi connectivity index (χ2v) is 22.0. The number of Topliss-reactive ketones (excluding diaryl/α,β-unsaturated/α-hetero) is 3. The fraction of sp³-hybridized carbons (Fsp3) is 0.754. The molecule has 3 aliphatic heterocycles. The first-order valence-electron chi connectivity index (χ1n) is 26.7. The molecule has 0 aromatic rings. The number of fused-ring (bicyclic) bond motifs is 3. The zero-order chi connectivity index (χ0) is 55.7. The summed E-state index contributed by atoms with van der Waals surface area (Å²) in [6.45, 7) is 16.4. The van der Waals surface area contributed by atoms with Crippen molar-refractivity contribution in [3.8, 4) is 0 Å². The zero-order valence-corrected chi connectivity index (χ0v) is 46.6. The highest BCUT2D eigenvalue weighted by Crippen LogP contribution is 2.37. The first-order valence-corrected chi connectivity index (χ1v) is 26.7. The first kappa shape index (κ1) is 64.3. The van der Waals surface area contributed by atoms with E-state index in [0.717, 1.165) is 10.5 Å². The van der Waals surface area contributed by atoms with Gasteiger partial charge in [-0.25, -0.2) is 4.79 Å². The standard InChI is InChI=1S/C57H91NO16/c1-34-19-15-14-16-20-36(3)47(70-12)30-43-24-23-41(8)57(68,74-43)52(64)53(65)58-26-18-17-21-44(58)54(66)72-48(31-45(61)37(4)29-40(7)50(63)51(71-13)49(62)39(6)28-34)38(5)27-35(2)22-25-46(42(9)69-11)73-55(67)56(10,32-59)33-60/h14-16,19-20,29,34-35,37-39,41-44,46-48,50-51,59-60,63,68H,17-18,21-28,30-33H2,1-13H3/b16-14?,19-15+,36-20?,40-29+. The second-order valence-electron chi connectivity index (χ2n) is 22.0. The lowest BCUT2D eigenvalue weighted by Crippen LogP contribution is -2.61. The maximum atomic E-state index is 14.5. The summed E-state index contributed by atoms with van der Waals surface area (Å²) in [7, 11) is 4.40. The molecule has 0 spiro atoms. The summed E-state index contributed by atoms with van der Waals surface area (Å²) >= 11 is 0. The van der Waals surface area contributed by atoms with Crippen molar-refractivity contribution >= 4 is 35.2 Å². The van der Waals surface area contributed by atoms with Crippen LogP contribution in [-0.2, 0) is 57.2 Å². The van der Waals surface area contributed by atoms with Crippen LogP contribution in [0.3, 0.4) is 0 Å². The molecule has 2 bridgehead atoms. The molecule has 0 aromatic carbocycles. The van der Waals surface area contributed by atoms with Gasteiger partial charge in [-0.05, 0) is 114 Å². The molecule has 0 aromatic heterocycles. The number of allylic oxidation sites excluding steroid dienone is 6. The van der Waals surface area contributed by atoms with Crippen LogP contribution in [0.5, 0.6) is 0 Å². The van der Waals surface area contributed by atoms with Gasteiger partial charge in [0.25, 0.3) is 11.7 Å². The molecule has 4 N–H and O–H groups in total. The summed E-state index contributed by atoms with van der Waals surface area (Å²) in [6.07, 6.45) is 9.01. The fourth-order valence-corrected chi connectivity index (χ4v) is 10.1. The van der Waals surface area contributed by atoms with Gasteiger partial charge in [0, 0.05) is 58.5 Å². The molecule has 17 heteroatoms. The number of ether oxygens (including phenoxy) is 6. The average molecular weight is 1050 g/mol. The van der Waals surface area contributed by atoms with Gasteiger partial charge in [0.05, 0.1) is 31.5 Å². The summed E-state index contributed by atoms with van der Waals surface area (Å²) in [5.74, 6) is -9.49. The van der Waals surface area contributed by atoms with Gasteiger partial charge in [-0.1, -0.05) is 78.0 Å². The number of hydrogen-bond donors (Lipinski definition) is 4. The topological polar surface area (TPSA) is 242 Å². The van der Waals surface area contributed by atoms with Crippen molar-refractivity contribution in [1.29, 1.82) is 0 Å². The van der Waals surface area contributed by atoms with Crippen molar-refractivity contribution in [2.75, 3.05) is 41.1 Å². The molecule has 0 saturated carbocycles. The summed E-state index contributed by atoms with van der Waals surface area (Å²) in [4.78, 5) is 85.4. The Labute approximate surface area is 440 Å². The van der Waals surface area contributed by atoms with Crippen LogP contribution in [0.4, 0.5) is 0 Å². The molecular formula is C57H91NO16. The van der Waals surface area contributed by atoms with Crippen LogP contribution in [0.2, 0.25) is 0 Å². The van der Waals surface area contributed by atoms with Crippen LogP contribution in [-0.4, -0.2) is 156 Å². The number of aliphatic hydroxyl groups is 4. The number of amides is 1. The summed E-state index contributed by atoms with van der Waals surface area (Å²) in [6, 6.07) is -1.21. The van der Waals surface area contributed by atoms with E-state index in [2.05, 4.69) is 0 Å². The molecule has 2 fully saturated rings. The Morgan fingerprint density at radius 3 is 2.19 bits per heavy atom. The molecule has 3 rings (SSSR count). The van der Waals surface area contributed by atoms with Gasteiger partial charge in [-0.15, -0.1) is 0 Å². The van der Waals surface area contributed by atoms with E-state index >= 15 is 0 Å². The van der Waals surface area contributed by atoms with Crippen molar-refractivity contribution in [2.24, 2.45) is 40.9 Å². The number of cyclic esters (lactones) is 1. The molecule has 3 aliphatic rings. The Balaban J connectivity index is 2.05. The van der Waals surface area contributed by atoms with Crippen LogP contribution in [0.1, 0.15) is 140 Å². The van der Waals surface area contributed by atoms with Crippen molar-refractivity contribution in [3.63, 3.8) is 0 Å². The quantitative estimate of drug-likeness (QED) is 0.0841. The predicted molar refractivity (Wildman–Crippen MR) is 278 cm³/mol. The Morgan fingerprint density at radius 2 is 1.57 bits per heavy atom. The molecule has 0 aliphatic carbocycles. The van der Waals surface area contributed by atoms with E-state index in [4.69, 9.17) is 28.4 Å². The average Bonchev–Trinajstić information content (AvgIpc) is 3.38. The van der Waals surface area contributed by atoms with E-state index in [-0.39, 0.29) is 49.2 Å². The van der Waals surface area contributed by atoms with E-state index in [1.807, 2.05) is 58.1 Å². The molecule has 17 nitrogen and oxygen atoms in total. The number of piperidine rings is 1. The lowest BCUT2D eigenvalue weighted by atomic mass is 9.85. The SMILES string of the molecule is COC1CC2CCC(C)C(O)(O2)C(=O)C(=O)N2CCCCC2C(=O)OC(C(C)CC(C)CCC(OC(=O)C(C)(CO)CO)C(C)OC)CC(=O)C(C)/C=C(\C)C(O)C(OC)C(=O)C(C)CC(C)/C=C/C=CC=C1C. The van der Waals surface area contributed by atoms with Gasteiger partial charge in [-0.3, -0.25) is 24.0 Å². The number of ketones is 3. The van der Waals surface area contributed by atoms with Crippen molar-refractivity contribution in [2.45, 2.75) is 194 Å². The third kappa shape index (κ3) is 17.5.